The number of ketones is 1. The SMILES string of the molecule is C=C1CSC2CC1C(C)(C)C(=O)C2C. The molecule has 78 valence electrons. The second kappa shape index (κ2) is 3.13. The summed E-state index contributed by atoms with van der Waals surface area (Å²) in [5, 5.41) is 0.547. The maximum Gasteiger partial charge on any atom is 0.142 e. The van der Waals surface area contributed by atoms with Crippen LogP contribution in [0.5, 0.6) is 0 Å². The molecule has 3 atom stereocenters. The zero-order valence-corrected chi connectivity index (χ0v) is 9.99. The molecular formula is C12H18OS. The molecule has 1 aliphatic heterocycles. The minimum Gasteiger partial charge on any atom is -0.299 e. The molecule has 0 aromatic heterocycles. The van der Waals surface area contributed by atoms with Gasteiger partial charge in [-0.05, 0) is 12.3 Å². The lowest BCUT2D eigenvalue weighted by Crippen LogP contribution is -2.49. The van der Waals surface area contributed by atoms with Crippen LogP contribution in [-0.4, -0.2) is 16.8 Å². The van der Waals surface area contributed by atoms with Gasteiger partial charge in [-0.25, -0.2) is 0 Å². The van der Waals surface area contributed by atoms with Crippen LogP contribution >= 0.6 is 11.8 Å². The number of carbonyl (C=O) groups excluding carboxylic acids is 1. The second-order valence-electron chi connectivity index (χ2n) is 5.17. The van der Waals surface area contributed by atoms with Crippen LogP contribution in [-0.2, 0) is 4.79 Å². The number of Topliss-reactive ketones (excluding diaryl/α,β-unsaturated/α-hetero) is 1. The molecule has 3 unspecified atom stereocenters. The highest BCUT2D eigenvalue weighted by Gasteiger charge is 2.50. The van der Waals surface area contributed by atoms with Crippen LogP contribution in [0.15, 0.2) is 12.2 Å². The van der Waals surface area contributed by atoms with E-state index in [1.807, 2.05) is 11.8 Å². The van der Waals surface area contributed by atoms with Crippen molar-refractivity contribution in [1.29, 1.82) is 0 Å². The zero-order valence-electron chi connectivity index (χ0n) is 9.17. The molecule has 0 aromatic rings. The number of thioether (sulfide) groups is 1. The van der Waals surface area contributed by atoms with E-state index in [-0.39, 0.29) is 11.3 Å². The molecule has 2 bridgehead atoms. The minimum absolute atomic E-state index is 0.173. The van der Waals surface area contributed by atoms with Gasteiger partial charge in [0.15, 0.2) is 0 Å². The predicted molar refractivity (Wildman–Crippen MR) is 61.4 cm³/mol. The van der Waals surface area contributed by atoms with Gasteiger partial charge in [-0.3, -0.25) is 4.79 Å². The van der Waals surface area contributed by atoms with Crippen molar-refractivity contribution < 1.29 is 4.79 Å². The second-order valence-corrected chi connectivity index (χ2v) is 6.40. The number of hydrogen-bond donors (Lipinski definition) is 0. The van der Waals surface area contributed by atoms with Gasteiger partial charge < -0.3 is 0 Å². The summed E-state index contributed by atoms with van der Waals surface area (Å²) in [6.45, 7) is 10.4. The summed E-state index contributed by atoms with van der Waals surface area (Å²) in [5.74, 6) is 2.15. The van der Waals surface area contributed by atoms with E-state index in [2.05, 4.69) is 27.4 Å². The summed E-state index contributed by atoms with van der Waals surface area (Å²) < 4.78 is 0. The van der Waals surface area contributed by atoms with Crippen LogP contribution in [0.25, 0.3) is 0 Å². The molecule has 1 nitrogen and oxygen atoms in total. The molecule has 1 saturated heterocycles. The molecule has 2 heteroatoms. The van der Waals surface area contributed by atoms with Crippen molar-refractivity contribution in [3.8, 4) is 0 Å². The van der Waals surface area contributed by atoms with E-state index in [1.54, 1.807) is 0 Å². The van der Waals surface area contributed by atoms with Crippen LogP contribution in [0.1, 0.15) is 27.2 Å². The van der Waals surface area contributed by atoms with Crippen LogP contribution in [0.4, 0.5) is 0 Å². The first kappa shape index (κ1) is 10.3. The molecule has 0 aromatic carbocycles. The third-order valence-electron chi connectivity index (χ3n) is 3.92. The Bertz CT molecular complexity index is 293. The van der Waals surface area contributed by atoms with E-state index in [9.17, 15) is 4.79 Å². The van der Waals surface area contributed by atoms with Gasteiger partial charge in [0.25, 0.3) is 0 Å². The quantitative estimate of drug-likeness (QED) is 0.572. The fourth-order valence-electron chi connectivity index (χ4n) is 2.86. The molecule has 14 heavy (non-hydrogen) atoms. The van der Waals surface area contributed by atoms with E-state index in [0.717, 1.165) is 12.2 Å². The molecule has 1 aliphatic carbocycles. The van der Waals surface area contributed by atoms with Crippen LogP contribution in [0, 0.1) is 17.3 Å². The van der Waals surface area contributed by atoms with E-state index in [0.29, 0.717) is 17.0 Å². The van der Waals surface area contributed by atoms with Crippen molar-refractivity contribution in [2.24, 2.45) is 17.3 Å². The van der Waals surface area contributed by atoms with E-state index < -0.39 is 0 Å². The molecule has 2 fully saturated rings. The van der Waals surface area contributed by atoms with Crippen molar-refractivity contribution in [3.63, 3.8) is 0 Å². The van der Waals surface area contributed by atoms with Crippen molar-refractivity contribution >= 4 is 17.5 Å². The summed E-state index contributed by atoms with van der Waals surface area (Å²) in [5.41, 5.74) is 1.10. The molecule has 0 amide bonds. The van der Waals surface area contributed by atoms with Gasteiger partial charge in [0.2, 0.25) is 0 Å². The van der Waals surface area contributed by atoms with Crippen LogP contribution < -0.4 is 0 Å². The van der Waals surface area contributed by atoms with E-state index in [1.165, 1.54) is 5.57 Å². The standard InChI is InChI=1S/C12H18OS/c1-7-6-14-10-5-9(7)12(3,4)11(13)8(10)2/h8-10H,1,5-6H2,2-4H3. The average molecular weight is 210 g/mol. The number of carbonyl (C=O) groups is 1. The largest absolute Gasteiger partial charge is 0.299 e. The summed E-state index contributed by atoms with van der Waals surface area (Å²) >= 11 is 1.92. The lowest BCUT2D eigenvalue weighted by molar-refractivity contribution is -0.135. The van der Waals surface area contributed by atoms with E-state index >= 15 is 0 Å². The highest BCUT2D eigenvalue weighted by Crippen LogP contribution is 2.51. The van der Waals surface area contributed by atoms with E-state index in [4.69, 9.17) is 0 Å². The molecule has 2 aliphatic rings. The number of hydrogen-bond acceptors (Lipinski definition) is 2. The molecule has 0 N–H and O–H groups in total. The Labute approximate surface area is 90.3 Å². The van der Waals surface area contributed by atoms with Crippen LogP contribution in [0.3, 0.4) is 0 Å². The zero-order chi connectivity index (χ0) is 10.5. The Kier molecular flexibility index (Phi) is 2.30. The van der Waals surface area contributed by atoms with Gasteiger partial charge in [0.05, 0.1) is 0 Å². The first-order valence-corrected chi connectivity index (χ1v) is 6.33. The number of rotatable bonds is 0. The van der Waals surface area contributed by atoms with Gasteiger partial charge >= 0.3 is 0 Å². The summed E-state index contributed by atoms with van der Waals surface area (Å²) in [7, 11) is 0. The first-order valence-electron chi connectivity index (χ1n) is 5.28. The lowest BCUT2D eigenvalue weighted by Gasteiger charge is -2.48. The highest BCUT2D eigenvalue weighted by molar-refractivity contribution is 8.00. The summed E-state index contributed by atoms with van der Waals surface area (Å²) in [6.07, 6.45) is 1.16. The van der Waals surface area contributed by atoms with Gasteiger partial charge in [-0.15, -0.1) is 0 Å². The number of fused-ring (bicyclic) bond motifs is 2. The Morgan fingerprint density at radius 2 is 2.14 bits per heavy atom. The third kappa shape index (κ3) is 1.27. The summed E-state index contributed by atoms with van der Waals surface area (Å²) in [6, 6.07) is 0. The topological polar surface area (TPSA) is 17.1 Å². The maximum absolute atomic E-state index is 12.2. The molecular weight excluding hydrogens is 192 g/mol. The molecule has 0 spiro atoms. The van der Waals surface area contributed by atoms with Crippen molar-refractivity contribution in [2.75, 3.05) is 5.75 Å². The fourth-order valence-corrected chi connectivity index (χ4v) is 4.23. The molecule has 1 heterocycles. The van der Waals surface area contributed by atoms with Gasteiger partial charge in [-0.2, -0.15) is 11.8 Å². The van der Waals surface area contributed by atoms with Gasteiger partial charge in [0.1, 0.15) is 5.78 Å². The first-order chi connectivity index (χ1) is 6.44. The van der Waals surface area contributed by atoms with Crippen molar-refractivity contribution in [2.45, 2.75) is 32.4 Å². The Morgan fingerprint density at radius 1 is 1.50 bits per heavy atom. The lowest BCUT2D eigenvalue weighted by atomic mass is 9.62. The fraction of sp³-hybridized carbons (Fsp3) is 0.750. The Balaban J connectivity index is 2.36. The normalized spacial score (nSPS) is 41.2. The van der Waals surface area contributed by atoms with Gasteiger partial charge in [-0.1, -0.05) is 32.9 Å². The molecule has 2 rings (SSSR count). The minimum atomic E-state index is -0.173. The molecule has 1 saturated carbocycles. The van der Waals surface area contributed by atoms with Gasteiger partial charge in [0, 0.05) is 22.3 Å². The maximum atomic E-state index is 12.2. The van der Waals surface area contributed by atoms with Crippen LogP contribution in [0.2, 0.25) is 0 Å². The Hall–Kier alpha value is -0.240. The van der Waals surface area contributed by atoms with Crippen molar-refractivity contribution in [1.82, 2.24) is 0 Å². The smallest absolute Gasteiger partial charge is 0.142 e. The highest BCUT2D eigenvalue weighted by atomic mass is 32.2. The van der Waals surface area contributed by atoms with Crippen molar-refractivity contribution in [3.05, 3.63) is 12.2 Å². The Morgan fingerprint density at radius 3 is 2.79 bits per heavy atom. The average Bonchev–Trinajstić information content (AvgIpc) is 2.14. The third-order valence-corrected chi connectivity index (χ3v) is 5.49. The monoisotopic (exact) mass is 210 g/mol. The molecule has 0 radical (unpaired) electrons. The summed E-state index contributed by atoms with van der Waals surface area (Å²) in [4.78, 5) is 12.2. The predicted octanol–water partition coefficient (Wildman–Crippen LogP) is 2.91.